The van der Waals surface area contributed by atoms with Crippen LogP contribution in [0.3, 0.4) is 0 Å². The molecule has 0 aliphatic carbocycles. The van der Waals surface area contributed by atoms with Gasteiger partial charge in [0.25, 0.3) is 0 Å². The molecule has 3 N–H and O–H groups in total. The number of halogens is 1. The van der Waals surface area contributed by atoms with Crippen LogP contribution >= 0.6 is 7.82 Å². The average Bonchev–Trinajstić information content (AvgIpc) is 0.722. The third kappa shape index (κ3) is 115. The Labute approximate surface area is 108 Å². The second-order valence-corrected chi connectivity index (χ2v) is 1.54. The summed E-state index contributed by atoms with van der Waals surface area (Å²) in [6.07, 6.45) is 0. The van der Waals surface area contributed by atoms with Crippen molar-refractivity contribution in [1.82, 2.24) is 0 Å². The Hall–Kier alpha value is 2.62. The quantitative estimate of drug-likeness (QED) is 0.321. The SMILES string of the molecule is F.O=P(O)(O)O.[NaH].[NaH].[V]. The maximum Gasteiger partial charge on any atom is 0 e. The molecule has 0 saturated heterocycles. The molecule has 0 heterocycles. The number of rotatable bonds is 0. The number of phosphoric acid groups is 1. The van der Waals surface area contributed by atoms with Gasteiger partial charge in [0.1, 0.15) is 0 Å². The van der Waals surface area contributed by atoms with Crippen molar-refractivity contribution in [3.63, 3.8) is 0 Å². The topological polar surface area (TPSA) is 77.8 Å². The summed E-state index contributed by atoms with van der Waals surface area (Å²) >= 11 is 0. The zero-order valence-corrected chi connectivity index (χ0v) is 5.34. The van der Waals surface area contributed by atoms with E-state index in [0.717, 1.165) is 0 Å². The molecule has 0 rings (SSSR count). The van der Waals surface area contributed by atoms with Crippen molar-refractivity contribution in [3.8, 4) is 0 Å². The van der Waals surface area contributed by atoms with E-state index < -0.39 is 7.82 Å². The van der Waals surface area contributed by atoms with Crippen molar-refractivity contribution in [3.05, 3.63) is 0 Å². The second-order valence-electron chi connectivity index (χ2n) is 0.513. The Morgan fingerprint density at radius 2 is 1.00 bits per heavy atom. The van der Waals surface area contributed by atoms with Crippen LogP contribution in [-0.2, 0) is 23.1 Å². The van der Waals surface area contributed by atoms with Crippen LogP contribution in [0, 0.1) is 0 Å². The maximum atomic E-state index is 8.88. The van der Waals surface area contributed by atoms with Gasteiger partial charge in [0, 0.05) is 18.6 Å². The van der Waals surface area contributed by atoms with Crippen molar-refractivity contribution in [2.45, 2.75) is 0 Å². The van der Waals surface area contributed by atoms with E-state index in [4.69, 9.17) is 19.2 Å². The van der Waals surface area contributed by atoms with Gasteiger partial charge in [-0.2, -0.15) is 0 Å². The van der Waals surface area contributed by atoms with E-state index in [1.165, 1.54) is 0 Å². The molecule has 0 bridgehead atoms. The smallest absolute Gasteiger partial charge is 0 e. The van der Waals surface area contributed by atoms with E-state index in [2.05, 4.69) is 0 Å². The van der Waals surface area contributed by atoms with Gasteiger partial charge in [-0.25, -0.2) is 4.57 Å². The molecule has 9 heavy (non-hydrogen) atoms. The Bertz CT molecular complexity index is 64.7. The Morgan fingerprint density at radius 3 is 1.00 bits per heavy atom. The molecule has 0 atom stereocenters. The molecule has 0 fully saturated rings. The van der Waals surface area contributed by atoms with E-state index in [1.54, 1.807) is 0 Å². The largest absolute Gasteiger partial charge is 0 e. The molecular formula is H6FNa2O4PV. The van der Waals surface area contributed by atoms with Crippen molar-refractivity contribution in [2.75, 3.05) is 0 Å². The molecule has 0 aliphatic rings. The van der Waals surface area contributed by atoms with Crippen LogP contribution in [0.2, 0.25) is 0 Å². The van der Waals surface area contributed by atoms with Gasteiger partial charge >= 0.3 is 66.9 Å². The predicted octanol–water partition coefficient (Wildman–Crippen LogP) is -2.08. The van der Waals surface area contributed by atoms with Gasteiger partial charge in [0.15, 0.2) is 0 Å². The van der Waals surface area contributed by atoms with Gasteiger partial charge in [-0.3, -0.25) is 4.70 Å². The first kappa shape index (κ1) is 29.9. The van der Waals surface area contributed by atoms with Crippen molar-refractivity contribution >= 4 is 66.9 Å². The van der Waals surface area contributed by atoms with E-state index in [0.29, 0.717) is 0 Å². The van der Waals surface area contributed by atoms with Crippen LogP contribution in [-0.4, -0.2) is 73.8 Å². The van der Waals surface area contributed by atoms with Crippen LogP contribution in [0.25, 0.3) is 0 Å². The second kappa shape index (κ2) is 13.2. The average molecular weight is 217 g/mol. The first-order valence-electron chi connectivity index (χ1n) is 0.783. The summed E-state index contributed by atoms with van der Waals surface area (Å²) in [6, 6.07) is 0. The minimum atomic E-state index is -4.64. The van der Waals surface area contributed by atoms with Gasteiger partial charge in [-0.1, -0.05) is 0 Å². The third-order valence-electron chi connectivity index (χ3n) is 0. The van der Waals surface area contributed by atoms with Crippen LogP contribution < -0.4 is 0 Å². The van der Waals surface area contributed by atoms with Gasteiger partial charge in [0.2, 0.25) is 0 Å². The van der Waals surface area contributed by atoms with E-state index in [9.17, 15) is 0 Å². The minimum absolute atomic E-state index is 0. The zero-order chi connectivity index (χ0) is 4.50. The summed E-state index contributed by atoms with van der Waals surface area (Å²) in [5.41, 5.74) is 0. The van der Waals surface area contributed by atoms with Crippen molar-refractivity contribution < 1.29 is 42.5 Å². The minimum Gasteiger partial charge on any atom is 0 e. The van der Waals surface area contributed by atoms with Crippen molar-refractivity contribution in [1.29, 1.82) is 0 Å². The monoisotopic (exact) mass is 217 g/mol. The summed E-state index contributed by atoms with van der Waals surface area (Å²) in [5.74, 6) is 0. The van der Waals surface area contributed by atoms with E-state index >= 15 is 0 Å². The normalized spacial score (nSPS) is 6.56. The fourth-order valence-corrected chi connectivity index (χ4v) is 0. The molecule has 0 spiro atoms. The standard InChI is InChI=1S/FH.2Na.H3O4P.V.2H/c;;;1-5(2,3)4;;;/h1H;;;(H3,1,2,3,4);;;. The van der Waals surface area contributed by atoms with Crippen LogP contribution in [0.15, 0.2) is 0 Å². The molecule has 0 amide bonds. The predicted molar refractivity (Wildman–Crippen MR) is 31.1 cm³/mol. The van der Waals surface area contributed by atoms with Crippen LogP contribution in [0.5, 0.6) is 0 Å². The van der Waals surface area contributed by atoms with Gasteiger partial charge in [0.05, 0.1) is 0 Å². The maximum absolute atomic E-state index is 8.88. The molecule has 1 radical (unpaired) electrons. The summed E-state index contributed by atoms with van der Waals surface area (Å²) in [6.45, 7) is 0. The molecule has 0 unspecified atom stereocenters. The zero-order valence-electron chi connectivity index (χ0n) is 3.05. The Kier molecular flexibility index (Phi) is 44.0. The molecule has 4 nitrogen and oxygen atoms in total. The summed E-state index contributed by atoms with van der Waals surface area (Å²) in [5, 5.41) is 0. The van der Waals surface area contributed by atoms with Crippen LogP contribution in [0.1, 0.15) is 0 Å². The molecule has 0 aromatic heterocycles. The third-order valence-corrected chi connectivity index (χ3v) is 0. The molecular weight excluding hydrogens is 211 g/mol. The first-order valence-corrected chi connectivity index (χ1v) is 2.35. The van der Waals surface area contributed by atoms with Crippen LogP contribution in [0.4, 0.5) is 4.70 Å². The number of hydrogen-bond donors (Lipinski definition) is 3. The molecule has 0 saturated carbocycles. The fourth-order valence-electron chi connectivity index (χ4n) is 0. The molecule has 0 aromatic rings. The van der Waals surface area contributed by atoms with E-state index in [1.807, 2.05) is 0 Å². The number of hydrogen-bond acceptors (Lipinski definition) is 1. The summed E-state index contributed by atoms with van der Waals surface area (Å²) in [4.78, 5) is 21.6. The molecule has 9 heteroatoms. The summed E-state index contributed by atoms with van der Waals surface area (Å²) < 4.78 is 8.88. The molecule has 0 aromatic carbocycles. The van der Waals surface area contributed by atoms with Gasteiger partial charge in [-0.15, -0.1) is 0 Å². The van der Waals surface area contributed by atoms with Crippen molar-refractivity contribution in [2.24, 2.45) is 0 Å². The van der Waals surface area contributed by atoms with E-state index in [-0.39, 0.29) is 82.4 Å². The fraction of sp³-hybridized carbons (Fsp3) is 0. The molecule has 0 aliphatic heterocycles. The first-order chi connectivity index (χ1) is 2.00. The molecule has 49 valence electrons. The Balaban J connectivity index is -0.0000000133. The van der Waals surface area contributed by atoms with Gasteiger partial charge < -0.3 is 14.7 Å². The summed E-state index contributed by atoms with van der Waals surface area (Å²) in [7, 11) is -4.64. The Morgan fingerprint density at radius 1 is 1.00 bits per heavy atom. The van der Waals surface area contributed by atoms with Gasteiger partial charge in [-0.05, 0) is 0 Å².